The van der Waals surface area contributed by atoms with Gasteiger partial charge in [0.05, 0.1) is 12.7 Å². The minimum absolute atomic E-state index is 0.271. The minimum Gasteiger partial charge on any atom is -0.465 e. The largest absolute Gasteiger partial charge is 0.465 e. The molecule has 3 N–H and O–H groups in total. The van der Waals surface area contributed by atoms with Crippen LogP contribution in [0.2, 0.25) is 0 Å². The van der Waals surface area contributed by atoms with Gasteiger partial charge in [-0.1, -0.05) is 12.1 Å². The molecule has 5 heteroatoms. The lowest BCUT2D eigenvalue weighted by molar-refractivity contribution is -0.119. The zero-order valence-electron chi connectivity index (χ0n) is 11.5. The van der Waals surface area contributed by atoms with Crippen molar-refractivity contribution in [1.29, 1.82) is 0 Å². The molecule has 0 bridgehead atoms. The summed E-state index contributed by atoms with van der Waals surface area (Å²) in [6.07, 6.45) is 0.271. The number of benzene rings is 1. The van der Waals surface area contributed by atoms with Crippen LogP contribution in [0.15, 0.2) is 24.3 Å². The molecule has 1 aromatic carbocycles. The van der Waals surface area contributed by atoms with Gasteiger partial charge in [-0.15, -0.1) is 0 Å². The smallest absolute Gasteiger partial charge is 0.337 e. The fourth-order valence-electron chi connectivity index (χ4n) is 1.72. The van der Waals surface area contributed by atoms with Crippen LogP contribution in [0.3, 0.4) is 0 Å². The molecule has 1 rings (SSSR count). The molecule has 0 aromatic heterocycles. The number of hydrogen-bond acceptors (Lipinski definition) is 4. The lowest BCUT2D eigenvalue weighted by atomic mass is 9.99. The molecule has 19 heavy (non-hydrogen) atoms. The number of nitrogens with two attached hydrogens (primary N) is 1. The Kier molecular flexibility index (Phi) is 5.06. The maximum absolute atomic E-state index is 11.3. The van der Waals surface area contributed by atoms with Gasteiger partial charge < -0.3 is 15.8 Å². The van der Waals surface area contributed by atoms with Crippen LogP contribution in [0.5, 0.6) is 0 Å². The molecule has 0 radical (unpaired) electrons. The lowest BCUT2D eigenvalue weighted by Crippen LogP contribution is -2.42. The molecule has 0 saturated heterocycles. The number of carbonyl (C=O) groups is 2. The Labute approximate surface area is 113 Å². The highest BCUT2D eigenvalue weighted by Gasteiger charge is 2.19. The number of amides is 1. The third-order valence-corrected chi connectivity index (χ3v) is 2.76. The highest BCUT2D eigenvalue weighted by atomic mass is 16.5. The number of primary amides is 1. The quantitative estimate of drug-likeness (QED) is 0.757. The van der Waals surface area contributed by atoms with Crippen LogP contribution in [-0.4, -0.2) is 24.5 Å². The monoisotopic (exact) mass is 264 g/mol. The molecule has 0 spiro atoms. The summed E-state index contributed by atoms with van der Waals surface area (Å²) in [4.78, 5) is 22.2. The number of carbonyl (C=O) groups excluding carboxylic acids is 2. The van der Waals surface area contributed by atoms with Gasteiger partial charge >= 0.3 is 5.97 Å². The second-order valence-electron chi connectivity index (χ2n) is 5.07. The molecule has 5 nitrogen and oxygen atoms in total. The molecule has 0 unspecified atom stereocenters. The van der Waals surface area contributed by atoms with Crippen LogP contribution in [0, 0.1) is 0 Å². The molecule has 104 valence electrons. The summed E-state index contributed by atoms with van der Waals surface area (Å²) < 4.78 is 4.63. The van der Waals surface area contributed by atoms with Gasteiger partial charge in [0.1, 0.15) is 0 Å². The second-order valence-corrected chi connectivity index (χ2v) is 5.07. The first-order valence-electron chi connectivity index (χ1n) is 6.04. The Morgan fingerprint density at radius 2 is 1.84 bits per heavy atom. The molecule has 0 aliphatic carbocycles. The Morgan fingerprint density at radius 3 is 2.32 bits per heavy atom. The summed E-state index contributed by atoms with van der Waals surface area (Å²) in [5.74, 6) is -0.688. The number of ether oxygens (including phenoxy) is 1. The molecule has 0 fully saturated rings. The van der Waals surface area contributed by atoms with E-state index in [1.54, 1.807) is 12.1 Å². The molecule has 0 atom stereocenters. The molecule has 0 heterocycles. The third-order valence-electron chi connectivity index (χ3n) is 2.76. The molecule has 1 aromatic rings. The van der Waals surface area contributed by atoms with Crippen molar-refractivity contribution < 1.29 is 14.3 Å². The summed E-state index contributed by atoms with van der Waals surface area (Å²) in [6.45, 7) is 4.43. The van der Waals surface area contributed by atoms with Crippen molar-refractivity contribution in [2.24, 2.45) is 5.73 Å². The topological polar surface area (TPSA) is 81.4 Å². The van der Waals surface area contributed by atoms with E-state index in [-0.39, 0.29) is 23.8 Å². The van der Waals surface area contributed by atoms with Crippen LogP contribution in [0.4, 0.5) is 0 Å². The van der Waals surface area contributed by atoms with Gasteiger partial charge in [0.2, 0.25) is 5.91 Å². The van der Waals surface area contributed by atoms with Crippen molar-refractivity contribution in [2.45, 2.75) is 32.4 Å². The number of methoxy groups -OCH3 is 1. The summed E-state index contributed by atoms with van der Waals surface area (Å²) in [6, 6.07) is 7.12. The average molecular weight is 264 g/mol. The predicted molar refractivity (Wildman–Crippen MR) is 72.5 cm³/mol. The van der Waals surface area contributed by atoms with Crippen molar-refractivity contribution >= 4 is 11.9 Å². The Hall–Kier alpha value is -1.88. The summed E-state index contributed by atoms with van der Waals surface area (Å²) in [5.41, 5.74) is 6.37. The van der Waals surface area contributed by atoms with Crippen LogP contribution < -0.4 is 11.1 Å². The number of hydrogen-bond donors (Lipinski definition) is 2. The molecular formula is C14H20N2O3. The van der Waals surface area contributed by atoms with E-state index in [0.29, 0.717) is 12.1 Å². The molecule has 0 aliphatic heterocycles. The first kappa shape index (κ1) is 15.2. The standard InChI is InChI=1S/C14H20N2O3/c1-14(2,8-12(15)17)16-9-10-4-6-11(7-5-10)13(18)19-3/h4-7,16H,8-9H2,1-3H3,(H2,15,17). The van der Waals surface area contributed by atoms with Crippen LogP contribution in [0.1, 0.15) is 36.2 Å². The van der Waals surface area contributed by atoms with Gasteiger partial charge in [-0.2, -0.15) is 0 Å². The van der Waals surface area contributed by atoms with Crippen molar-refractivity contribution in [3.05, 3.63) is 35.4 Å². The maximum Gasteiger partial charge on any atom is 0.337 e. The fourth-order valence-corrected chi connectivity index (χ4v) is 1.72. The third kappa shape index (κ3) is 5.09. The van der Waals surface area contributed by atoms with Crippen LogP contribution in [0.25, 0.3) is 0 Å². The van der Waals surface area contributed by atoms with Crippen molar-refractivity contribution in [3.63, 3.8) is 0 Å². The van der Waals surface area contributed by atoms with E-state index in [1.807, 2.05) is 26.0 Å². The highest BCUT2D eigenvalue weighted by molar-refractivity contribution is 5.89. The summed E-state index contributed by atoms with van der Waals surface area (Å²) in [5, 5.41) is 3.25. The van der Waals surface area contributed by atoms with Gasteiger partial charge in [-0.3, -0.25) is 4.79 Å². The number of esters is 1. The van der Waals surface area contributed by atoms with E-state index in [4.69, 9.17) is 5.73 Å². The maximum atomic E-state index is 11.3. The fraction of sp³-hybridized carbons (Fsp3) is 0.429. The minimum atomic E-state index is -0.354. The highest BCUT2D eigenvalue weighted by Crippen LogP contribution is 2.11. The zero-order valence-corrected chi connectivity index (χ0v) is 11.5. The van der Waals surface area contributed by atoms with E-state index in [2.05, 4.69) is 10.1 Å². The Balaban J connectivity index is 2.59. The van der Waals surface area contributed by atoms with Gasteiger partial charge in [0.15, 0.2) is 0 Å². The van der Waals surface area contributed by atoms with Gasteiger partial charge in [-0.05, 0) is 31.5 Å². The van der Waals surface area contributed by atoms with E-state index >= 15 is 0 Å². The van der Waals surface area contributed by atoms with Crippen molar-refractivity contribution in [1.82, 2.24) is 5.32 Å². The van der Waals surface area contributed by atoms with Gasteiger partial charge in [0, 0.05) is 18.5 Å². The normalized spacial score (nSPS) is 11.1. The van der Waals surface area contributed by atoms with E-state index < -0.39 is 0 Å². The first-order chi connectivity index (χ1) is 8.84. The van der Waals surface area contributed by atoms with Crippen LogP contribution >= 0.6 is 0 Å². The van der Waals surface area contributed by atoms with E-state index in [1.165, 1.54) is 7.11 Å². The average Bonchev–Trinajstić information content (AvgIpc) is 2.34. The van der Waals surface area contributed by atoms with Crippen LogP contribution in [-0.2, 0) is 16.1 Å². The number of rotatable bonds is 6. The van der Waals surface area contributed by atoms with Gasteiger partial charge in [-0.25, -0.2) is 4.79 Å². The lowest BCUT2D eigenvalue weighted by Gasteiger charge is -2.24. The second kappa shape index (κ2) is 6.33. The van der Waals surface area contributed by atoms with Crippen molar-refractivity contribution in [2.75, 3.05) is 7.11 Å². The summed E-state index contributed by atoms with van der Waals surface area (Å²) >= 11 is 0. The molecule has 0 saturated carbocycles. The Morgan fingerprint density at radius 1 is 1.26 bits per heavy atom. The SMILES string of the molecule is COC(=O)c1ccc(CNC(C)(C)CC(N)=O)cc1. The van der Waals surface area contributed by atoms with Gasteiger partial charge in [0.25, 0.3) is 0 Å². The molecule has 1 amide bonds. The summed E-state index contributed by atoms with van der Waals surface area (Å²) in [7, 11) is 1.35. The Bertz CT molecular complexity index is 452. The number of nitrogens with one attached hydrogen (secondary N) is 1. The molecule has 0 aliphatic rings. The molecular weight excluding hydrogens is 244 g/mol. The zero-order chi connectivity index (χ0) is 14.5. The van der Waals surface area contributed by atoms with Crippen molar-refractivity contribution in [3.8, 4) is 0 Å². The predicted octanol–water partition coefficient (Wildman–Crippen LogP) is 1.22. The van der Waals surface area contributed by atoms with E-state index in [9.17, 15) is 9.59 Å². The van der Waals surface area contributed by atoms with E-state index in [0.717, 1.165) is 5.56 Å². The first-order valence-corrected chi connectivity index (χ1v) is 6.04.